The van der Waals surface area contributed by atoms with Gasteiger partial charge in [0.25, 0.3) is 0 Å². The number of nitrogens with zero attached hydrogens (tertiary/aromatic N) is 1. The highest BCUT2D eigenvalue weighted by Crippen LogP contribution is 2.57. The Bertz CT molecular complexity index is 950. The van der Waals surface area contributed by atoms with Crippen LogP contribution in [-0.2, 0) is 22.5 Å². The van der Waals surface area contributed by atoms with Gasteiger partial charge in [-0.1, -0.05) is 51.1 Å². The molecule has 0 radical (unpaired) electrons. The zero-order valence-corrected chi connectivity index (χ0v) is 21.0. The average molecular weight is 472 g/mol. The fourth-order valence-electron chi connectivity index (χ4n) is 6.03. The number of thiazole rings is 1. The molecule has 0 bridgehead atoms. The second kappa shape index (κ2) is 10.1. The summed E-state index contributed by atoms with van der Waals surface area (Å²) >= 11 is 1.76. The first-order valence-corrected chi connectivity index (χ1v) is 12.9. The Balaban J connectivity index is 1.48. The average Bonchev–Trinajstić information content (AvgIpc) is 3.20. The number of nitrogens with one attached hydrogen (secondary N) is 2. The summed E-state index contributed by atoms with van der Waals surface area (Å²) in [7, 11) is 1.63. The molecule has 2 aromatic rings. The number of anilines is 1. The van der Waals surface area contributed by atoms with Gasteiger partial charge in [-0.25, -0.2) is 4.98 Å². The number of hydrogen-bond acceptors (Lipinski definition) is 6. The van der Waals surface area contributed by atoms with E-state index in [2.05, 4.69) is 36.6 Å². The molecule has 7 heteroatoms. The molecule has 3 N–H and O–H groups in total. The lowest BCUT2D eigenvalue weighted by atomic mass is 9.53. The van der Waals surface area contributed by atoms with Crippen molar-refractivity contribution in [3.05, 3.63) is 46.5 Å². The Morgan fingerprint density at radius 1 is 1.36 bits per heavy atom. The molecule has 1 fully saturated rings. The number of carbonyl (C=O) groups is 1. The van der Waals surface area contributed by atoms with Gasteiger partial charge in [0.2, 0.25) is 5.91 Å². The fourth-order valence-corrected chi connectivity index (χ4v) is 7.29. The summed E-state index contributed by atoms with van der Waals surface area (Å²) in [5.74, 6) is -0.00624. The molecule has 4 rings (SSSR count). The van der Waals surface area contributed by atoms with E-state index in [-0.39, 0.29) is 35.0 Å². The van der Waals surface area contributed by atoms with E-state index in [1.165, 1.54) is 10.4 Å². The molecule has 0 spiro atoms. The molecule has 1 aromatic carbocycles. The van der Waals surface area contributed by atoms with Crippen molar-refractivity contribution in [1.82, 2.24) is 10.3 Å². The number of ether oxygens (including phenoxy) is 1. The van der Waals surface area contributed by atoms with Crippen LogP contribution in [0.4, 0.5) is 5.13 Å². The van der Waals surface area contributed by atoms with Crippen molar-refractivity contribution in [3.63, 3.8) is 0 Å². The molecule has 1 heterocycles. The summed E-state index contributed by atoms with van der Waals surface area (Å²) in [6.45, 7) is 8.22. The molecule has 1 aromatic heterocycles. The van der Waals surface area contributed by atoms with Crippen LogP contribution < -0.4 is 10.6 Å². The third kappa shape index (κ3) is 4.96. The minimum Gasteiger partial charge on any atom is -0.392 e. The van der Waals surface area contributed by atoms with Crippen molar-refractivity contribution < 1.29 is 14.6 Å². The number of aliphatic hydroxyl groups excluding tert-OH is 1. The van der Waals surface area contributed by atoms with Gasteiger partial charge in [0, 0.05) is 36.9 Å². The number of methoxy groups -OCH3 is 1. The molecular weight excluding hydrogens is 434 g/mol. The van der Waals surface area contributed by atoms with Gasteiger partial charge in [-0.15, -0.1) is 11.3 Å². The summed E-state index contributed by atoms with van der Waals surface area (Å²) in [5.41, 5.74) is 2.38. The Hall–Kier alpha value is -1.96. The van der Waals surface area contributed by atoms with E-state index < -0.39 is 6.10 Å². The number of rotatable bonds is 8. The van der Waals surface area contributed by atoms with E-state index in [1.54, 1.807) is 18.4 Å². The smallest absolute Gasteiger partial charge is 0.223 e. The Labute approximate surface area is 201 Å². The summed E-state index contributed by atoms with van der Waals surface area (Å²) < 4.78 is 5.04. The molecule has 2 aliphatic rings. The first-order valence-electron chi connectivity index (χ1n) is 12.1. The second-order valence-corrected chi connectivity index (χ2v) is 11.2. The lowest BCUT2D eigenvalue weighted by Crippen LogP contribution is -2.53. The van der Waals surface area contributed by atoms with Crippen molar-refractivity contribution in [2.75, 3.05) is 25.6 Å². The van der Waals surface area contributed by atoms with Crippen molar-refractivity contribution in [1.29, 1.82) is 0 Å². The molecule has 180 valence electrons. The first kappa shape index (κ1) is 24.2. The van der Waals surface area contributed by atoms with Gasteiger partial charge in [0.1, 0.15) is 0 Å². The Morgan fingerprint density at radius 2 is 2.12 bits per heavy atom. The highest BCUT2D eigenvalue weighted by molar-refractivity contribution is 7.15. The largest absolute Gasteiger partial charge is 0.392 e. The van der Waals surface area contributed by atoms with E-state index in [0.717, 1.165) is 36.6 Å². The van der Waals surface area contributed by atoms with E-state index in [9.17, 15) is 9.90 Å². The maximum atomic E-state index is 12.7. The molecule has 6 atom stereocenters. The Morgan fingerprint density at radius 3 is 2.85 bits per heavy atom. The van der Waals surface area contributed by atoms with Crippen molar-refractivity contribution >= 4 is 22.4 Å². The van der Waals surface area contributed by atoms with Crippen LogP contribution in [0.25, 0.3) is 0 Å². The Kier molecular flexibility index (Phi) is 7.41. The molecular formula is C26H37N3O3S. The number of amides is 1. The maximum Gasteiger partial charge on any atom is 0.223 e. The molecule has 1 amide bonds. The van der Waals surface area contributed by atoms with Gasteiger partial charge in [0.15, 0.2) is 5.13 Å². The second-order valence-electron chi connectivity index (χ2n) is 10.1. The van der Waals surface area contributed by atoms with Gasteiger partial charge < -0.3 is 20.5 Å². The van der Waals surface area contributed by atoms with Crippen LogP contribution in [0, 0.1) is 23.2 Å². The van der Waals surface area contributed by atoms with Gasteiger partial charge in [-0.3, -0.25) is 4.79 Å². The number of hydrogen-bond donors (Lipinski definition) is 3. The number of fused-ring (bicyclic) bond motifs is 2. The number of aliphatic hydroxyl groups is 1. The van der Waals surface area contributed by atoms with Gasteiger partial charge in [-0.05, 0) is 42.1 Å². The minimum absolute atomic E-state index is 0.00455. The summed E-state index contributed by atoms with van der Waals surface area (Å²) in [5, 5.41) is 18.9. The fraction of sp³-hybridized carbons (Fsp3) is 0.615. The molecule has 33 heavy (non-hydrogen) atoms. The topological polar surface area (TPSA) is 83.5 Å². The first-order chi connectivity index (χ1) is 15.8. The third-order valence-corrected chi connectivity index (χ3v) is 8.90. The van der Waals surface area contributed by atoms with Crippen LogP contribution in [0.1, 0.15) is 55.7 Å². The SMILES string of the molecule is COCCNC(=O)[C@@H](C)[C@H]1CC[C@@]2(C)Cc3sc(NCc4ccccc4)nc3[C@@H](C)[C@@H]2[C@H]1O. The zero-order chi connectivity index (χ0) is 23.6. The van der Waals surface area contributed by atoms with Gasteiger partial charge >= 0.3 is 0 Å². The number of carbonyl (C=O) groups excluding carboxylic acids is 1. The number of benzene rings is 1. The standard InChI is InChI=1S/C26H37N3O3S/c1-16(24(31)27-12-13-32-4)19-10-11-26(3)14-20-22(17(2)21(26)23(19)30)29-25(33-20)28-15-18-8-6-5-7-9-18/h5-9,16-17,19,21,23,30H,10-15H2,1-4H3,(H,27,31)(H,28,29)/t16-,17-,19+,21+,23-,26-/m0/s1. The van der Waals surface area contributed by atoms with Gasteiger partial charge in [0.05, 0.1) is 18.4 Å². The molecule has 6 nitrogen and oxygen atoms in total. The van der Waals surface area contributed by atoms with Gasteiger partial charge in [-0.2, -0.15) is 0 Å². The molecule has 1 saturated carbocycles. The highest BCUT2D eigenvalue weighted by atomic mass is 32.1. The van der Waals surface area contributed by atoms with Crippen LogP contribution in [0.2, 0.25) is 0 Å². The zero-order valence-electron chi connectivity index (χ0n) is 20.1. The predicted octanol–water partition coefficient (Wildman–Crippen LogP) is 4.21. The lowest BCUT2D eigenvalue weighted by molar-refractivity contribution is -0.135. The number of aromatic nitrogens is 1. The summed E-state index contributed by atoms with van der Waals surface area (Å²) in [4.78, 5) is 19.0. The van der Waals surface area contributed by atoms with E-state index in [4.69, 9.17) is 9.72 Å². The highest BCUT2D eigenvalue weighted by Gasteiger charge is 2.53. The van der Waals surface area contributed by atoms with Crippen molar-refractivity contribution in [2.45, 2.75) is 58.6 Å². The van der Waals surface area contributed by atoms with Crippen LogP contribution in [0.5, 0.6) is 0 Å². The normalized spacial score (nSPS) is 29.6. The molecule has 0 saturated heterocycles. The minimum atomic E-state index is -0.516. The van der Waals surface area contributed by atoms with Crippen molar-refractivity contribution in [3.8, 4) is 0 Å². The molecule has 2 aliphatic carbocycles. The van der Waals surface area contributed by atoms with Crippen LogP contribution in [0.15, 0.2) is 30.3 Å². The summed E-state index contributed by atoms with van der Waals surface area (Å²) in [6, 6.07) is 10.4. The van der Waals surface area contributed by atoms with Crippen LogP contribution in [0.3, 0.4) is 0 Å². The maximum absolute atomic E-state index is 12.7. The van der Waals surface area contributed by atoms with Crippen LogP contribution >= 0.6 is 11.3 Å². The molecule has 0 unspecified atom stereocenters. The summed E-state index contributed by atoms with van der Waals surface area (Å²) in [6.07, 6.45) is 2.31. The quantitative estimate of drug-likeness (QED) is 0.503. The van der Waals surface area contributed by atoms with Crippen molar-refractivity contribution in [2.24, 2.45) is 23.2 Å². The van der Waals surface area contributed by atoms with E-state index >= 15 is 0 Å². The predicted molar refractivity (Wildman–Crippen MR) is 132 cm³/mol. The molecule has 0 aliphatic heterocycles. The monoisotopic (exact) mass is 471 g/mol. The van der Waals surface area contributed by atoms with Crippen LogP contribution in [-0.4, -0.2) is 42.4 Å². The van der Waals surface area contributed by atoms with E-state index in [1.807, 2.05) is 25.1 Å². The third-order valence-electron chi connectivity index (χ3n) is 7.87. The lowest BCUT2D eigenvalue weighted by Gasteiger charge is -2.53. The van der Waals surface area contributed by atoms with E-state index in [0.29, 0.717) is 13.2 Å².